The maximum Gasteiger partial charge on any atom is 0.252 e. The van der Waals surface area contributed by atoms with Crippen LogP contribution in [0.25, 0.3) is 0 Å². The maximum atomic E-state index is 13.7. The lowest BCUT2D eigenvalue weighted by Gasteiger charge is -2.16. The van der Waals surface area contributed by atoms with Crippen LogP contribution in [0.15, 0.2) is 29.2 Å². The lowest BCUT2D eigenvalue weighted by Crippen LogP contribution is -2.27. The van der Waals surface area contributed by atoms with Crippen LogP contribution in [0.5, 0.6) is 0 Å². The van der Waals surface area contributed by atoms with Gasteiger partial charge in [-0.05, 0) is 6.07 Å². The van der Waals surface area contributed by atoms with Crippen LogP contribution >= 0.6 is 0 Å². The van der Waals surface area contributed by atoms with Gasteiger partial charge in [0.05, 0.1) is 12.7 Å². The van der Waals surface area contributed by atoms with E-state index in [2.05, 4.69) is 0 Å². The van der Waals surface area contributed by atoms with Gasteiger partial charge in [-0.25, -0.2) is 4.39 Å². The second-order valence-corrected chi connectivity index (χ2v) is 3.80. The number of alkyl halides is 1. The maximum absolute atomic E-state index is 13.7. The standard InChI is InChI=1S/C11H14FNO3/c1-15-7-8-6-9(12)11(16-8)13-5-3-2-4-10(13)14/h2-5,8-9,11H,6-7H2,1H3/t8?,9-,11-/m1/s1. The number of rotatable bonds is 3. The Morgan fingerprint density at radius 1 is 1.62 bits per heavy atom. The first kappa shape index (κ1) is 11.3. The molecule has 0 spiro atoms. The third-order valence-corrected chi connectivity index (χ3v) is 2.61. The quantitative estimate of drug-likeness (QED) is 0.777. The van der Waals surface area contributed by atoms with Crippen molar-refractivity contribution in [2.45, 2.75) is 24.9 Å². The molecule has 0 N–H and O–H groups in total. The molecule has 1 aliphatic heterocycles. The van der Waals surface area contributed by atoms with E-state index in [0.29, 0.717) is 6.61 Å². The highest BCUT2D eigenvalue weighted by atomic mass is 19.1. The molecule has 1 aliphatic rings. The van der Waals surface area contributed by atoms with E-state index in [0.717, 1.165) is 0 Å². The Morgan fingerprint density at radius 2 is 2.44 bits per heavy atom. The topological polar surface area (TPSA) is 40.5 Å². The molecule has 2 heterocycles. The number of hydrogen-bond acceptors (Lipinski definition) is 3. The highest BCUT2D eigenvalue weighted by Gasteiger charge is 2.36. The molecule has 1 aromatic rings. The first-order valence-corrected chi connectivity index (χ1v) is 5.18. The number of nitrogens with zero attached hydrogens (tertiary/aromatic N) is 1. The fourth-order valence-electron chi connectivity index (χ4n) is 1.89. The Kier molecular flexibility index (Phi) is 3.36. The van der Waals surface area contributed by atoms with Gasteiger partial charge >= 0.3 is 0 Å². The van der Waals surface area contributed by atoms with Crippen molar-refractivity contribution in [2.75, 3.05) is 13.7 Å². The summed E-state index contributed by atoms with van der Waals surface area (Å²) in [6, 6.07) is 4.69. The zero-order valence-corrected chi connectivity index (χ0v) is 9.01. The van der Waals surface area contributed by atoms with Gasteiger partial charge in [0.25, 0.3) is 5.56 Å². The average molecular weight is 227 g/mol. The van der Waals surface area contributed by atoms with Crippen LogP contribution < -0.4 is 5.56 Å². The second-order valence-electron chi connectivity index (χ2n) is 3.80. The van der Waals surface area contributed by atoms with Crippen molar-refractivity contribution in [3.05, 3.63) is 34.7 Å². The normalized spacial score (nSPS) is 29.5. The zero-order chi connectivity index (χ0) is 11.5. The molecule has 1 saturated heterocycles. The van der Waals surface area contributed by atoms with E-state index in [1.807, 2.05) is 0 Å². The summed E-state index contributed by atoms with van der Waals surface area (Å²) in [7, 11) is 1.54. The van der Waals surface area contributed by atoms with Crippen molar-refractivity contribution in [3.8, 4) is 0 Å². The zero-order valence-electron chi connectivity index (χ0n) is 9.01. The molecule has 1 unspecified atom stereocenters. The summed E-state index contributed by atoms with van der Waals surface area (Å²) < 4.78 is 25.3. The SMILES string of the molecule is COCC1C[C@@H](F)[C@H](n2ccccc2=O)O1. The average Bonchev–Trinajstić information content (AvgIpc) is 2.61. The van der Waals surface area contributed by atoms with E-state index in [9.17, 15) is 9.18 Å². The van der Waals surface area contributed by atoms with E-state index in [1.165, 1.54) is 16.8 Å². The predicted molar refractivity (Wildman–Crippen MR) is 56.0 cm³/mol. The molecule has 2 rings (SSSR count). The van der Waals surface area contributed by atoms with Gasteiger partial charge in [0.15, 0.2) is 6.23 Å². The highest BCUT2D eigenvalue weighted by Crippen LogP contribution is 2.30. The van der Waals surface area contributed by atoms with E-state index < -0.39 is 12.4 Å². The minimum atomic E-state index is -1.17. The van der Waals surface area contributed by atoms with Gasteiger partial charge in [-0.2, -0.15) is 0 Å². The molecule has 0 aromatic carbocycles. The van der Waals surface area contributed by atoms with Crippen molar-refractivity contribution < 1.29 is 13.9 Å². The monoisotopic (exact) mass is 227 g/mol. The first-order valence-electron chi connectivity index (χ1n) is 5.18. The third-order valence-electron chi connectivity index (χ3n) is 2.61. The van der Waals surface area contributed by atoms with E-state index in [-0.39, 0.29) is 18.1 Å². The summed E-state index contributed by atoms with van der Waals surface area (Å²) in [6.07, 6.45) is -0.472. The molecule has 4 nitrogen and oxygen atoms in total. The molecule has 0 amide bonds. The molecule has 5 heteroatoms. The van der Waals surface area contributed by atoms with E-state index in [4.69, 9.17) is 9.47 Å². The van der Waals surface area contributed by atoms with Crippen LogP contribution in [0.2, 0.25) is 0 Å². The van der Waals surface area contributed by atoms with Crippen molar-refractivity contribution in [1.29, 1.82) is 0 Å². The number of methoxy groups -OCH3 is 1. The fraction of sp³-hybridized carbons (Fsp3) is 0.545. The van der Waals surface area contributed by atoms with Crippen LogP contribution in [0.4, 0.5) is 4.39 Å². The lowest BCUT2D eigenvalue weighted by molar-refractivity contribution is -0.0456. The Hall–Kier alpha value is -1.20. The van der Waals surface area contributed by atoms with Crippen LogP contribution in [0.1, 0.15) is 12.6 Å². The molecule has 1 aromatic heterocycles. The largest absolute Gasteiger partial charge is 0.382 e. The molecular formula is C11H14FNO3. The number of halogens is 1. The smallest absolute Gasteiger partial charge is 0.252 e. The number of pyridine rings is 1. The van der Waals surface area contributed by atoms with Crippen LogP contribution in [-0.4, -0.2) is 30.6 Å². The Balaban J connectivity index is 2.17. The van der Waals surface area contributed by atoms with Gasteiger partial charge in [0.2, 0.25) is 0 Å². The summed E-state index contributed by atoms with van der Waals surface area (Å²) in [5.74, 6) is 0. The van der Waals surface area contributed by atoms with Crippen molar-refractivity contribution >= 4 is 0 Å². The van der Waals surface area contributed by atoms with Crippen molar-refractivity contribution in [2.24, 2.45) is 0 Å². The van der Waals surface area contributed by atoms with Crippen molar-refractivity contribution in [3.63, 3.8) is 0 Å². The summed E-state index contributed by atoms with van der Waals surface area (Å²) in [5, 5.41) is 0. The van der Waals surface area contributed by atoms with Gasteiger partial charge in [0.1, 0.15) is 6.17 Å². The van der Waals surface area contributed by atoms with Crippen LogP contribution in [0, 0.1) is 0 Å². The predicted octanol–water partition coefficient (Wildman–Crippen LogP) is 1.12. The minimum absolute atomic E-state index is 0.256. The summed E-state index contributed by atoms with van der Waals surface area (Å²) in [5.41, 5.74) is -0.256. The Labute approximate surface area is 92.6 Å². The van der Waals surface area contributed by atoms with Crippen molar-refractivity contribution in [1.82, 2.24) is 4.57 Å². The molecule has 0 aliphatic carbocycles. The number of aromatic nitrogens is 1. The summed E-state index contributed by atoms with van der Waals surface area (Å²) in [6.45, 7) is 0.346. The fourth-order valence-corrected chi connectivity index (χ4v) is 1.89. The minimum Gasteiger partial charge on any atom is -0.382 e. The Morgan fingerprint density at radius 3 is 3.12 bits per heavy atom. The molecule has 3 atom stereocenters. The van der Waals surface area contributed by atoms with Gasteiger partial charge in [-0.3, -0.25) is 9.36 Å². The first-order chi connectivity index (χ1) is 7.72. The molecule has 16 heavy (non-hydrogen) atoms. The molecular weight excluding hydrogens is 213 g/mol. The Bertz CT molecular complexity index is 406. The van der Waals surface area contributed by atoms with Gasteiger partial charge in [-0.15, -0.1) is 0 Å². The number of ether oxygens (including phenoxy) is 2. The molecule has 0 saturated carbocycles. The third kappa shape index (κ3) is 2.15. The number of hydrogen-bond donors (Lipinski definition) is 0. The van der Waals surface area contributed by atoms with E-state index >= 15 is 0 Å². The highest BCUT2D eigenvalue weighted by molar-refractivity contribution is 4.96. The second kappa shape index (κ2) is 4.76. The van der Waals surface area contributed by atoms with Gasteiger partial charge in [-0.1, -0.05) is 6.07 Å². The lowest BCUT2D eigenvalue weighted by atomic mass is 10.2. The van der Waals surface area contributed by atoms with Crippen LogP contribution in [-0.2, 0) is 9.47 Å². The summed E-state index contributed by atoms with van der Waals surface area (Å²) in [4.78, 5) is 11.5. The molecule has 88 valence electrons. The summed E-state index contributed by atoms with van der Waals surface area (Å²) >= 11 is 0. The molecule has 0 bridgehead atoms. The van der Waals surface area contributed by atoms with E-state index in [1.54, 1.807) is 19.2 Å². The molecule has 1 fully saturated rings. The van der Waals surface area contributed by atoms with Crippen LogP contribution in [0.3, 0.4) is 0 Å². The van der Waals surface area contributed by atoms with Gasteiger partial charge < -0.3 is 9.47 Å². The van der Waals surface area contributed by atoms with Gasteiger partial charge in [0, 0.05) is 25.8 Å². The molecule has 0 radical (unpaired) electrons.